The van der Waals surface area contributed by atoms with Crippen LogP contribution in [-0.2, 0) is 12.4 Å². The number of nitrogens with zero attached hydrogens (tertiary/aromatic N) is 3. The van der Waals surface area contributed by atoms with Gasteiger partial charge in [-0.1, -0.05) is 18.2 Å². The standard InChI is InChI=1S/C19H11F6N3S/c1-10-16-12(19(23,24)25)9-13(15-7-4-8-29-15)26-17(16)28(27-10)14-6-3-2-5-11(14)18(20,21)22/h2-9H,1H3. The highest BCUT2D eigenvalue weighted by atomic mass is 32.1. The van der Waals surface area contributed by atoms with Crippen molar-refractivity contribution in [3.05, 3.63) is 64.7 Å². The van der Waals surface area contributed by atoms with Crippen LogP contribution >= 0.6 is 11.3 Å². The predicted octanol–water partition coefficient (Wildman–Crippen LogP) is 6.50. The number of benzene rings is 1. The molecule has 0 radical (unpaired) electrons. The van der Waals surface area contributed by atoms with E-state index < -0.39 is 23.5 Å². The molecule has 0 N–H and O–H groups in total. The molecule has 0 aliphatic carbocycles. The number of fused-ring (bicyclic) bond motifs is 1. The fourth-order valence-corrected chi connectivity index (χ4v) is 3.82. The average Bonchev–Trinajstić information content (AvgIpc) is 3.28. The monoisotopic (exact) mass is 427 g/mol. The number of para-hydroxylation sites is 1. The van der Waals surface area contributed by atoms with E-state index in [2.05, 4.69) is 10.1 Å². The first-order valence-corrected chi connectivity index (χ1v) is 9.13. The summed E-state index contributed by atoms with van der Waals surface area (Å²) in [6.45, 7) is 1.32. The minimum Gasteiger partial charge on any atom is -0.227 e. The molecule has 0 bridgehead atoms. The van der Waals surface area contributed by atoms with Crippen LogP contribution in [0.1, 0.15) is 16.8 Å². The van der Waals surface area contributed by atoms with Gasteiger partial charge < -0.3 is 0 Å². The lowest BCUT2D eigenvalue weighted by atomic mass is 10.1. The van der Waals surface area contributed by atoms with Crippen molar-refractivity contribution in [2.45, 2.75) is 19.3 Å². The highest BCUT2D eigenvalue weighted by Crippen LogP contribution is 2.40. The van der Waals surface area contributed by atoms with Crippen molar-refractivity contribution in [1.29, 1.82) is 0 Å². The zero-order valence-electron chi connectivity index (χ0n) is 14.6. The molecule has 3 heterocycles. The molecule has 29 heavy (non-hydrogen) atoms. The Morgan fingerprint density at radius 3 is 2.21 bits per heavy atom. The van der Waals surface area contributed by atoms with Crippen molar-refractivity contribution in [3.63, 3.8) is 0 Å². The second-order valence-electron chi connectivity index (χ2n) is 6.24. The Kier molecular flexibility index (Phi) is 4.41. The highest BCUT2D eigenvalue weighted by Gasteiger charge is 2.38. The normalized spacial score (nSPS) is 12.7. The van der Waals surface area contributed by atoms with Gasteiger partial charge in [0.15, 0.2) is 5.65 Å². The van der Waals surface area contributed by atoms with Crippen molar-refractivity contribution in [2.24, 2.45) is 0 Å². The Morgan fingerprint density at radius 2 is 1.59 bits per heavy atom. The second-order valence-corrected chi connectivity index (χ2v) is 7.19. The topological polar surface area (TPSA) is 30.7 Å². The Bertz CT molecular complexity index is 1190. The Balaban J connectivity index is 2.10. The smallest absolute Gasteiger partial charge is 0.227 e. The van der Waals surface area contributed by atoms with Crippen molar-refractivity contribution >= 4 is 22.4 Å². The zero-order valence-corrected chi connectivity index (χ0v) is 15.5. The third-order valence-corrected chi connectivity index (χ3v) is 5.22. The van der Waals surface area contributed by atoms with Gasteiger partial charge in [-0.05, 0) is 36.6 Å². The lowest BCUT2D eigenvalue weighted by Gasteiger charge is -2.14. The van der Waals surface area contributed by atoms with E-state index in [9.17, 15) is 26.3 Å². The molecule has 0 aliphatic rings. The number of aryl methyl sites for hydroxylation is 1. The number of rotatable bonds is 2. The molecule has 4 aromatic rings. The van der Waals surface area contributed by atoms with E-state index in [0.717, 1.165) is 22.9 Å². The zero-order chi connectivity index (χ0) is 21.0. The molecule has 0 aliphatic heterocycles. The van der Waals surface area contributed by atoms with Gasteiger partial charge in [-0.2, -0.15) is 31.4 Å². The van der Waals surface area contributed by atoms with E-state index in [-0.39, 0.29) is 28.1 Å². The van der Waals surface area contributed by atoms with Gasteiger partial charge in [0.25, 0.3) is 0 Å². The number of aromatic nitrogens is 3. The van der Waals surface area contributed by atoms with E-state index >= 15 is 0 Å². The summed E-state index contributed by atoms with van der Waals surface area (Å²) < 4.78 is 82.5. The molecule has 150 valence electrons. The number of pyridine rings is 1. The minimum absolute atomic E-state index is 0.0189. The van der Waals surface area contributed by atoms with Crippen LogP contribution in [0.2, 0.25) is 0 Å². The van der Waals surface area contributed by atoms with Crippen LogP contribution in [0.25, 0.3) is 27.3 Å². The van der Waals surface area contributed by atoms with E-state index in [4.69, 9.17) is 0 Å². The quantitative estimate of drug-likeness (QED) is 0.342. The summed E-state index contributed by atoms with van der Waals surface area (Å²) in [7, 11) is 0. The summed E-state index contributed by atoms with van der Waals surface area (Å²) in [5, 5.41) is 5.34. The maximum atomic E-state index is 13.8. The molecule has 0 amide bonds. The van der Waals surface area contributed by atoms with Gasteiger partial charge in [-0.3, -0.25) is 0 Å². The summed E-state index contributed by atoms with van der Waals surface area (Å²) in [6, 6.07) is 8.73. The molecular formula is C19H11F6N3S. The molecule has 3 nitrogen and oxygen atoms in total. The van der Waals surface area contributed by atoms with Crippen LogP contribution in [0.5, 0.6) is 0 Å². The molecule has 1 aromatic carbocycles. The van der Waals surface area contributed by atoms with Crippen molar-refractivity contribution in [1.82, 2.24) is 14.8 Å². The molecule has 0 saturated heterocycles. The summed E-state index contributed by atoms with van der Waals surface area (Å²) in [5.41, 5.74) is -2.71. The van der Waals surface area contributed by atoms with Gasteiger partial charge in [-0.25, -0.2) is 9.67 Å². The third kappa shape index (κ3) is 3.37. The average molecular weight is 427 g/mol. The number of halogens is 6. The lowest BCUT2D eigenvalue weighted by Crippen LogP contribution is -2.12. The summed E-state index contributed by atoms with van der Waals surface area (Å²) in [5.74, 6) is 0. The Morgan fingerprint density at radius 1 is 0.897 bits per heavy atom. The third-order valence-electron chi connectivity index (χ3n) is 4.33. The first-order valence-electron chi connectivity index (χ1n) is 8.25. The molecule has 0 unspecified atom stereocenters. The van der Waals surface area contributed by atoms with Crippen LogP contribution < -0.4 is 0 Å². The number of alkyl halides is 6. The van der Waals surface area contributed by atoms with Crippen LogP contribution in [0.15, 0.2) is 47.8 Å². The maximum Gasteiger partial charge on any atom is 0.418 e. The SMILES string of the molecule is Cc1nn(-c2ccccc2C(F)(F)F)c2nc(-c3cccs3)cc(C(F)(F)F)c12. The van der Waals surface area contributed by atoms with E-state index in [1.165, 1.54) is 30.4 Å². The van der Waals surface area contributed by atoms with Crippen molar-refractivity contribution < 1.29 is 26.3 Å². The number of hydrogen-bond donors (Lipinski definition) is 0. The van der Waals surface area contributed by atoms with Gasteiger partial charge in [0, 0.05) is 0 Å². The fraction of sp³-hybridized carbons (Fsp3) is 0.158. The molecule has 0 atom stereocenters. The first kappa shape index (κ1) is 19.4. The largest absolute Gasteiger partial charge is 0.418 e. The van der Waals surface area contributed by atoms with Crippen LogP contribution in [0.4, 0.5) is 26.3 Å². The molecule has 0 saturated carbocycles. The van der Waals surface area contributed by atoms with E-state index in [0.29, 0.717) is 4.88 Å². The van der Waals surface area contributed by atoms with E-state index in [1.807, 2.05) is 0 Å². The Labute approximate surface area is 164 Å². The fourth-order valence-electron chi connectivity index (χ4n) is 3.13. The molecule has 10 heteroatoms. The molecule has 3 aromatic heterocycles. The van der Waals surface area contributed by atoms with Crippen LogP contribution in [-0.4, -0.2) is 14.8 Å². The summed E-state index contributed by atoms with van der Waals surface area (Å²) in [6.07, 6.45) is -9.43. The highest BCUT2D eigenvalue weighted by molar-refractivity contribution is 7.13. The van der Waals surface area contributed by atoms with Crippen molar-refractivity contribution in [3.8, 4) is 16.3 Å². The van der Waals surface area contributed by atoms with Crippen LogP contribution in [0.3, 0.4) is 0 Å². The summed E-state index contributed by atoms with van der Waals surface area (Å²) >= 11 is 1.18. The lowest BCUT2D eigenvalue weighted by molar-refractivity contribution is -0.138. The van der Waals surface area contributed by atoms with Crippen LogP contribution in [0, 0.1) is 6.92 Å². The first-order chi connectivity index (χ1) is 13.6. The second kappa shape index (κ2) is 6.58. The Hall–Kier alpha value is -2.88. The van der Waals surface area contributed by atoms with E-state index in [1.54, 1.807) is 17.5 Å². The minimum atomic E-state index is -4.73. The van der Waals surface area contributed by atoms with Gasteiger partial charge in [0.1, 0.15) is 0 Å². The molecule has 0 spiro atoms. The number of hydrogen-bond acceptors (Lipinski definition) is 3. The van der Waals surface area contributed by atoms with Gasteiger partial charge in [0.2, 0.25) is 0 Å². The van der Waals surface area contributed by atoms with Gasteiger partial charge >= 0.3 is 12.4 Å². The van der Waals surface area contributed by atoms with Gasteiger partial charge in [-0.15, -0.1) is 11.3 Å². The van der Waals surface area contributed by atoms with Crippen molar-refractivity contribution in [2.75, 3.05) is 0 Å². The maximum absolute atomic E-state index is 13.8. The molecule has 4 rings (SSSR count). The predicted molar refractivity (Wildman–Crippen MR) is 96.9 cm³/mol. The summed E-state index contributed by atoms with van der Waals surface area (Å²) in [4.78, 5) is 4.72. The molecular weight excluding hydrogens is 416 g/mol. The number of thiophene rings is 1. The molecule has 0 fully saturated rings. The van der Waals surface area contributed by atoms with Gasteiger partial charge in [0.05, 0.1) is 38.5 Å².